The molecular formula is C12H16F3NO3S. The van der Waals surface area contributed by atoms with Gasteiger partial charge in [-0.15, -0.1) is 0 Å². The third-order valence-electron chi connectivity index (χ3n) is 2.23. The van der Waals surface area contributed by atoms with Gasteiger partial charge < -0.3 is 10.1 Å². The predicted octanol–water partition coefficient (Wildman–Crippen LogP) is 2.47. The van der Waals surface area contributed by atoms with Gasteiger partial charge in [-0.1, -0.05) is 12.1 Å². The lowest BCUT2D eigenvalue weighted by molar-refractivity contribution is -0.153. The third kappa shape index (κ3) is 6.65. The molecule has 0 radical (unpaired) electrons. The smallest absolute Gasteiger partial charge is 0.422 e. The van der Waals surface area contributed by atoms with Crippen molar-refractivity contribution in [3.63, 3.8) is 0 Å². The maximum atomic E-state index is 12.1. The van der Waals surface area contributed by atoms with Gasteiger partial charge in [-0.2, -0.15) is 13.2 Å². The Bertz CT molecular complexity index is 543. The van der Waals surface area contributed by atoms with E-state index >= 15 is 0 Å². The summed E-state index contributed by atoms with van der Waals surface area (Å²) in [7, 11) is -3.18. The first-order valence-corrected chi connectivity index (χ1v) is 7.86. The highest BCUT2D eigenvalue weighted by Crippen LogP contribution is 2.26. The van der Waals surface area contributed by atoms with E-state index in [1.807, 2.05) is 0 Å². The molecule has 0 heterocycles. The zero-order chi connectivity index (χ0) is 15.4. The van der Waals surface area contributed by atoms with Crippen LogP contribution in [0.1, 0.15) is 6.92 Å². The third-order valence-corrected chi connectivity index (χ3v) is 3.34. The van der Waals surface area contributed by atoms with Crippen molar-refractivity contribution in [3.8, 4) is 5.75 Å². The van der Waals surface area contributed by atoms with E-state index < -0.39 is 28.7 Å². The van der Waals surface area contributed by atoms with Gasteiger partial charge in [-0.25, -0.2) is 8.42 Å². The molecule has 0 spiro atoms. The van der Waals surface area contributed by atoms with E-state index in [4.69, 9.17) is 4.74 Å². The Morgan fingerprint density at radius 1 is 1.30 bits per heavy atom. The van der Waals surface area contributed by atoms with Crippen molar-refractivity contribution < 1.29 is 26.3 Å². The van der Waals surface area contributed by atoms with Crippen LogP contribution in [0.2, 0.25) is 0 Å². The van der Waals surface area contributed by atoms with E-state index in [0.29, 0.717) is 5.69 Å². The molecule has 0 amide bonds. The molecule has 0 fully saturated rings. The van der Waals surface area contributed by atoms with Crippen LogP contribution in [-0.2, 0) is 9.84 Å². The van der Waals surface area contributed by atoms with Gasteiger partial charge >= 0.3 is 6.18 Å². The number of hydrogen-bond acceptors (Lipinski definition) is 4. The number of alkyl halides is 3. The Labute approximate surface area is 115 Å². The molecule has 4 nitrogen and oxygen atoms in total. The number of rotatable bonds is 6. The fraction of sp³-hybridized carbons (Fsp3) is 0.500. The number of benzene rings is 1. The minimum absolute atomic E-state index is 0.0326. The fourth-order valence-electron chi connectivity index (χ4n) is 1.63. The summed E-state index contributed by atoms with van der Waals surface area (Å²) < 4.78 is 63.4. The summed E-state index contributed by atoms with van der Waals surface area (Å²) >= 11 is 0. The van der Waals surface area contributed by atoms with Crippen LogP contribution in [0.15, 0.2) is 24.3 Å². The number of nitrogens with one attached hydrogen (secondary N) is 1. The topological polar surface area (TPSA) is 55.4 Å². The molecule has 0 aliphatic carbocycles. The second-order valence-electron chi connectivity index (χ2n) is 4.54. The standard InChI is InChI=1S/C12H16F3NO3S/c1-9(7-20(2,17)18)16-10-5-3-4-6-11(10)19-8-12(13,14)15/h3-6,9,16H,7-8H2,1-2H3. The maximum absolute atomic E-state index is 12.1. The number of ether oxygens (including phenoxy) is 1. The minimum Gasteiger partial charge on any atom is -0.482 e. The van der Waals surface area contributed by atoms with Gasteiger partial charge in [0.15, 0.2) is 6.61 Å². The zero-order valence-electron chi connectivity index (χ0n) is 11.1. The Kier molecular flexibility index (Phi) is 5.27. The van der Waals surface area contributed by atoms with Crippen LogP contribution in [0, 0.1) is 0 Å². The van der Waals surface area contributed by atoms with Gasteiger partial charge in [-0.3, -0.25) is 0 Å². The molecule has 1 rings (SSSR count). The monoisotopic (exact) mass is 311 g/mol. The summed E-state index contributed by atoms with van der Waals surface area (Å²) in [6.45, 7) is 0.230. The summed E-state index contributed by atoms with van der Waals surface area (Å²) in [4.78, 5) is 0. The average Bonchev–Trinajstić information content (AvgIpc) is 2.24. The van der Waals surface area contributed by atoms with Crippen LogP contribution in [0.4, 0.5) is 18.9 Å². The second-order valence-corrected chi connectivity index (χ2v) is 6.72. The van der Waals surface area contributed by atoms with Gasteiger partial charge in [0.1, 0.15) is 15.6 Å². The highest BCUT2D eigenvalue weighted by molar-refractivity contribution is 7.90. The molecule has 0 saturated carbocycles. The molecule has 0 aliphatic rings. The number of anilines is 1. The van der Waals surface area contributed by atoms with Crippen LogP contribution < -0.4 is 10.1 Å². The molecular weight excluding hydrogens is 295 g/mol. The molecule has 1 unspecified atom stereocenters. The molecule has 114 valence electrons. The molecule has 1 aromatic carbocycles. The van der Waals surface area contributed by atoms with Crippen molar-refractivity contribution in [2.75, 3.05) is 23.9 Å². The normalized spacial score (nSPS) is 13.8. The molecule has 1 N–H and O–H groups in total. The Hall–Kier alpha value is -1.44. The van der Waals surface area contributed by atoms with E-state index in [1.54, 1.807) is 13.0 Å². The number of para-hydroxylation sites is 2. The van der Waals surface area contributed by atoms with Crippen LogP contribution >= 0.6 is 0 Å². The van der Waals surface area contributed by atoms with Crippen molar-refractivity contribution in [1.29, 1.82) is 0 Å². The maximum Gasteiger partial charge on any atom is 0.422 e. The summed E-state index contributed by atoms with van der Waals surface area (Å²) in [5.41, 5.74) is 0.327. The second kappa shape index (κ2) is 6.34. The Balaban J connectivity index is 2.75. The molecule has 0 saturated heterocycles. The Morgan fingerprint density at radius 2 is 1.90 bits per heavy atom. The number of hydrogen-bond donors (Lipinski definition) is 1. The number of sulfone groups is 1. The molecule has 1 aromatic rings. The molecule has 20 heavy (non-hydrogen) atoms. The van der Waals surface area contributed by atoms with Crippen molar-refractivity contribution >= 4 is 15.5 Å². The summed E-state index contributed by atoms with van der Waals surface area (Å²) in [5.74, 6) is -0.0918. The van der Waals surface area contributed by atoms with Gasteiger partial charge in [0, 0.05) is 12.3 Å². The first kappa shape index (κ1) is 16.6. The molecule has 0 aliphatic heterocycles. The summed E-state index contributed by atoms with van der Waals surface area (Å²) in [6, 6.07) is 5.64. The van der Waals surface area contributed by atoms with E-state index in [9.17, 15) is 21.6 Å². The van der Waals surface area contributed by atoms with Crippen molar-refractivity contribution in [2.24, 2.45) is 0 Å². The SMILES string of the molecule is CC(CS(C)(=O)=O)Nc1ccccc1OCC(F)(F)F. The molecule has 0 aromatic heterocycles. The van der Waals surface area contributed by atoms with Crippen molar-refractivity contribution in [3.05, 3.63) is 24.3 Å². The first-order chi connectivity index (χ1) is 9.07. The average molecular weight is 311 g/mol. The lowest BCUT2D eigenvalue weighted by Crippen LogP contribution is -2.26. The lowest BCUT2D eigenvalue weighted by atomic mass is 10.2. The summed E-state index contributed by atoms with van der Waals surface area (Å²) in [5, 5.41) is 2.83. The van der Waals surface area contributed by atoms with E-state index in [2.05, 4.69) is 5.32 Å². The van der Waals surface area contributed by atoms with Crippen molar-refractivity contribution in [1.82, 2.24) is 0 Å². The number of halogens is 3. The molecule has 0 bridgehead atoms. The van der Waals surface area contributed by atoms with Crippen LogP contribution in [0.25, 0.3) is 0 Å². The predicted molar refractivity (Wildman–Crippen MR) is 70.8 cm³/mol. The van der Waals surface area contributed by atoms with Crippen LogP contribution in [-0.4, -0.2) is 39.3 Å². The lowest BCUT2D eigenvalue weighted by Gasteiger charge is -2.18. The van der Waals surface area contributed by atoms with Gasteiger partial charge in [0.05, 0.1) is 11.4 Å². The van der Waals surface area contributed by atoms with E-state index in [-0.39, 0.29) is 11.5 Å². The van der Waals surface area contributed by atoms with Gasteiger partial charge in [0.2, 0.25) is 0 Å². The minimum atomic E-state index is -4.43. The largest absolute Gasteiger partial charge is 0.482 e. The first-order valence-electron chi connectivity index (χ1n) is 5.80. The van der Waals surface area contributed by atoms with Crippen molar-refractivity contribution in [2.45, 2.75) is 19.1 Å². The highest BCUT2D eigenvalue weighted by atomic mass is 32.2. The molecule has 8 heteroatoms. The van der Waals surface area contributed by atoms with Crippen LogP contribution in [0.5, 0.6) is 5.75 Å². The molecule has 1 atom stereocenters. The van der Waals surface area contributed by atoms with Gasteiger partial charge in [0.25, 0.3) is 0 Å². The van der Waals surface area contributed by atoms with Gasteiger partial charge in [-0.05, 0) is 19.1 Å². The van der Waals surface area contributed by atoms with E-state index in [0.717, 1.165) is 6.26 Å². The quantitative estimate of drug-likeness (QED) is 0.877. The fourth-order valence-corrected chi connectivity index (χ4v) is 2.62. The zero-order valence-corrected chi connectivity index (χ0v) is 11.9. The Morgan fingerprint density at radius 3 is 2.45 bits per heavy atom. The highest BCUT2D eigenvalue weighted by Gasteiger charge is 2.28. The van der Waals surface area contributed by atoms with E-state index in [1.165, 1.54) is 18.2 Å². The summed E-state index contributed by atoms with van der Waals surface area (Å²) in [6.07, 6.45) is -3.33. The van der Waals surface area contributed by atoms with Crippen LogP contribution in [0.3, 0.4) is 0 Å².